The molecule has 0 spiro atoms. The van der Waals surface area contributed by atoms with Crippen LogP contribution in [0.25, 0.3) is 0 Å². The van der Waals surface area contributed by atoms with E-state index in [9.17, 15) is 9.59 Å². The number of rotatable bonds is 2. The van der Waals surface area contributed by atoms with Crippen molar-refractivity contribution < 1.29 is 37.2 Å². The molecule has 0 amide bonds. The molecule has 0 bridgehead atoms. The second-order valence-corrected chi connectivity index (χ2v) is 3.04. The van der Waals surface area contributed by atoms with Gasteiger partial charge in [-0.3, -0.25) is 0 Å². The molecule has 2 aromatic heterocycles. The van der Waals surface area contributed by atoms with Crippen LogP contribution in [0, 0.1) is 0 Å². The fraction of sp³-hybridized carbons (Fsp3) is 0. The van der Waals surface area contributed by atoms with Crippen molar-refractivity contribution in [2.75, 3.05) is 0 Å². The van der Waals surface area contributed by atoms with E-state index < -0.39 is 11.9 Å². The van der Waals surface area contributed by atoms with Gasteiger partial charge < -0.3 is 10.2 Å². The molecule has 0 aliphatic heterocycles. The quantitative estimate of drug-likeness (QED) is 0.872. The van der Waals surface area contributed by atoms with Crippen LogP contribution in [0.1, 0.15) is 21.0 Å². The molecule has 6 nitrogen and oxygen atoms in total. The molecule has 0 radical (unpaired) electrons. The van der Waals surface area contributed by atoms with E-state index in [1.165, 1.54) is 24.5 Å². The minimum absolute atomic E-state index is 0. The summed E-state index contributed by atoms with van der Waals surface area (Å²) in [6.45, 7) is 0. The normalized spacial score (nSPS) is 8.42. The molecular formula is C12H10CrN2O4. The van der Waals surface area contributed by atoms with Gasteiger partial charge in [-0.25, -0.2) is 19.6 Å². The number of carbonyl (C=O) groups is 2. The maximum Gasteiger partial charge on any atom is 0.354 e. The van der Waals surface area contributed by atoms with Crippen molar-refractivity contribution >= 4 is 11.9 Å². The SMILES string of the molecule is O=C(O)c1ccccn1.O=C(O)c1ccccn1.[Cr]. The molecule has 19 heavy (non-hydrogen) atoms. The molecule has 2 N–H and O–H groups in total. The van der Waals surface area contributed by atoms with Gasteiger partial charge >= 0.3 is 11.9 Å². The first kappa shape index (κ1) is 16.8. The van der Waals surface area contributed by atoms with Gasteiger partial charge in [-0.1, -0.05) is 12.1 Å². The molecule has 0 aliphatic rings. The Bertz CT molecular complexity index is 470. The van der Waals surface area contributed by atoms with Gasteiger partial charge in [0.1, 0.15) is 11.4 Å². The van der Waals surface area contributed by atoms with E-state index in [1.807, 2.05) is 0 Å². The van der Waals surface area contributed by atoms with Gasteiger partial charge in [0.25, 0.3) is 0 Å². The van der Waals surface area contributed by atoms with Gasteiger partial charge in [-0.15, -0.1) is 0 Å². The van der Waals surface area contributed by atoms with Crippen molar-refractivity contribution in [2.24, 2.45) is 0 Å². The number of carboxylic acids is 2. The Morgan fingerprint density at radius 3 is 1.32 bits per heavy atom. The third kappa shape index (κ3) is 6.31. The molecule has 2 aromatic rings. The van der Waals surface area contributed by atoms with Crippen molar-refractivity contribution in [2.45, 2.75) is 0 Å². The Hall–Kier alpha value is -2.23. The number of aromatic nitrogens is 2. The topological polar surface area (TPSA) is 100 Å². The van der Waals surface area contributed by atoms with Crippen LogP contribution in [0.5, 0.6) is 0 Å². The van der Waals surface area contributed by atoms with Crippen LogP contribution in [-0.4, -0.2) is 32.1 Å². The number of pyridine rings is 2. The summed E-state index contributed by atoms with van der Waals surface area (Å²) in [6, 6.07) is 9.51. The molecule has 0 aromatic carbocycles. The molecule has 98 valence electrons. The minimum Gasteiger partial charge on any atom is -0.477 e. The van der Waals surface area contributed by atoms with Crippen LogP contribution in [0.4, 0.5) is 0 Å². The average Bonchev–Trinajstić information content (AvgIpc) is 2.41. The summed E-state index contributed by atoms with van der Waals surface area (Å²) in [5.74, 6) is -1.98. The van der Waals surface area contributed by atoms with E-state index in [4.69, 9.17) is 10.2 Å². The van der Waals surface area contributed by atoms with Crippen LogP contribution in [0.2, 0.25) is 0 Å². The summed E-state index contributed by atoms with van der Waals surface area (Å²) in [4.78, 5) is 27.4. The number of hydrogen-bond donors (Lipinski definition) is 2. The maximum atomic E-state index is 10.1. The molecule has 0 aliphatic carbocycles. The first-order valence-corrected chi connectivity index (χ1v) is 4.90. The largest absolute Gasteiger partial charge is 0.477 e. The Labute approximate surface area is 119 Å². The van der Waals surface area contributed by atoms with Gasteiger partial charge in [-0.05, 0) is 24.3 Å². The van der Waals surface area contributed by atoms with Crippen molar-refractivity contribution in [1.82, 2.24) is 9.97 Å². The van der Waals surface area contributed by atoms with Crippen LogP contribution in [-0.2, 0) is 17.4 Å². The first-order valence-electron chi connectivity index (χ1n) is 4.90. The van der Waals surface area contributed by atoms with Crippen LogP contribution < -0.4 is 0 Å². The summed E-state index contributed by atoms with van der Waals surface area (Å²) in [5.41, 5.74) is 0.162. The monoisotopic (exact) mass is 298 g/mol. The Kier molecular flexibility index (Phi) is 7.77. The van der Waals surface area contributed by atoms with E-state index in [1.54, 1.807) is 24.3 Å². The summed E-state index contributed by atoms with van der Waals surface area (Å²) >= 11 is 0. The van der Waals surface area contributed by atoms with Crippen molar-refractivity contribution in [1.29, 1.82) is 0 Å². The predicted octanol–water partition coefficient (Wildman–Crippen LogP) is 1.56. The van der Waals surface area contributed by atoms with Gasteiger partial charge in [-0.2, -0.15) is 0 Å². The van der Waals surface area contributed by atoms with Crippen LogP contribution in [0.15, 0.2) is 48.8 Å². The number of hydrogen-bond acceptors (Lipinski definition) is 4. The van der Waals surface area contributed by atoms with E-state index in [-0.39, 0.29) is 28.7 Å². The van der Waals surface area contributed by atoms with Gasteiger partial charge in [0.05, 0.1) is 0 Å². The molecule has 0 saturated carbocycles. The van der Waals surface area contributed by atoms with E-state index in [2.05, 4.69) is 9.97 Å². The summed E-state index contributed by atoms with van der Waals surface area (Å²) < 4.78 is 0. The molecule has 0 saturated heterocycles. The van der Waals surface area contributed by atoms with E-state index in [0.29, 0.717) is 0 Å². The second-order valence-electron chi connectivity index (χ2n) is 3.04. The smallest absolute Gasteiger partial charge is 0.354 e. The Morgan fingerprint density at radius 1 is 0.789 bits per heavy atom. The first-order chi connectivity index (χ1) is 8.61. The zero-order valence-electron chi connectivity index (χ0n) is 9.63. The van der Waals surface area contributed by atoms with Gasteiger partial charge in [0.2, 0.25) is 0 Å². The van der Waals surface area contributed by atoms with Gasteiger partial charge in [0, 0.05) is 29.8 Å². The van der Waals surface area contributed by atoms with Crippen molar-refractivity contribution in [3.63, 3.8) is 0 Å². The third-order valence-corrected chi connectivity index (χ3v) is 1.77. The molecule has 0 fully saturated rings. The second kappa shape index (κ2) is 8.80. The summed E-state index contributed by atoms with van der Waals surface area (Å²) in [5, 5.41) is 16.6. The fourth-order valence-electron chi connectivity index (χ4n) is 0.979. The van der Waals surface area contributed by atoms with Crippen LogP contribution in [0.3, 0.4) is 0 Å². The Morgan fingerprint density at radius 2 is 1.16 bits per heavy atom. The number of aromatic carboxylic acids is 2. The van der Waals surface area contributed by atoms with E-state index >= 15 is 0 Å². The van der Waals surface area contributed by atoms with E-state index in [0.717, 1.165) is 0 Å². The van der Waals surface area contributed by atoms with Crippen molar-refractivity contribution in [3.8, 4) is 0 Å². The zero-order chi connectivity index (χ0) is 13.4. The standard InChI is InChI=1S/2C6H5NO2.Cr/c2*8-6(9)5-3-1-2-4-7-5;/h2*1-4H,(H,8,9);. The molecule has 2 rings (SSSR count). The number of nitrogens with zero attached hydrogens (tertiary/aromatic N) is 2. The molecule has 2 heterocycles. The molecular weight excluding hydrogens is 288 g/mol. The van der Waals surface area contributed by atoms with Crippen molar-refractivity contribution in [3.05, 3.63) is 60.2 Å². The van der Waals surface area contributed by atoms with Gasteiger partial charge in [0.15, 0.2) is 0 Å². The molecule has 0 atom stereocenters. The maximum absolute atomic E-state index is 10.1. The van der Waals surface area contributed by atoms with Crippen LogP contribution >= 0.6 is 0 Å². The number of carboxylic acid groups (broad SMARTS) is 2. The predicted molar refractivity (Wildman–Crippen MR) is 62.4 cm³/mol. The average molecular weight is 298 g/mol. The molecule has 7 heteroatoms. The zero-order valence-corrected chi connectivity index (χ0v) is 10.9. The fourth-order valence-corrected chi connectivity index (χ4v) is 0.979. The Balaban J connectivity index is 0.000000324. The summed E-state index contributed by atoms with van der Waals surface area (Å²) in [6.07, 6.45) is 2.90. The summed E-state index contributed by atoms with van der Waals surface area (Å²) in [7, 11) is 0. The minimum atomic E-state index is -0.990. The molecule has 0 unspecified atom stereocenters. The third-order valence-electron chi connectivity index (χ3n) is 1.77.